The van der Waals surface area contributed by atoms with Gasteiger partial charge in [0.25, 0.3) is 0 Å². The first-order chi connectivity index (χ1) is 7.04. The zero-order chi connectivity index (χ0) is 11.1. The molecule has 0 bridgehead atoms. The average molecular weight is 212 g/mol. The standard InChI is InChI=1S/C11H20N2O2/c1-11(7-15-6-9(11)12)10(14)13(2)5-8-3-4-8/h8-9H,3-7,12H2,1-2H3. The maximum atomic E-state index is 12.2. The number of hydrogen-bond donors (Lipinski definition) is 1. The number of carbonyl (C=O) groups excluding carboxylic acids is 1. The lowest BCUT2D eigenvalue weighted by molar-refractivity contribution is -0.140. The number of amides is 1. The fourth-order valence-electron chi connectivity index (χ4n) is 2.12. The molecule has 15 heavy (non-hydrogen) atoms. The van der Waals surface area contributed by atoms with Gasteiger partial charge in [0, 0.05) is 19.6 Å². The number of nitrogens with two attached hydrogens (primary N) is 1. The van der Waals surface area contributed by atoms with Gasteiger partial charge in [-0.25, -0.2) is 0 Å². The second-order valence-electron chi connectivity index (χ2n) is 5.17. The van der Waals surface area contributed by atoms with E-state index in [0.717, 1.165) is 12.5 Å². The molecule has 2 rings (SSSR count). The minimum atomic E-state index is -0.510. The van der Waals surface area contributed by atoms with Crippen LogP contribution in [0.3, 0.4) is 0 Å². The van der Waals surface area contributed by atoms with Crippen LogP contribution in [0.5, 0.6) is 0 Å². The molecular weight excluding hydrogens is 192 g/mol. The molecule has 0 radical (unpaired) electrons. The van der Waals surface area contributed by atoms with Crippen LogP contribution in [0.15, 0.2) is 0 Å². The third-order valence-electron chi connectivity index (χ3n) is 3.58. The Morgan fingerprint density at radius 1 is 1.60 bits per heavy atom. The van der Waals surface area contributed by atoms with Crippen molar-refractivity contribution >= 4 is 5.91 Å². The van der Waals surface area contributed by atoms with Gasteiger partial charge >= 0.3 is 0 Å². The quantitative estimate of drug-likeness (QED) is 0.728. The van der Waals surface area contributed by atoms with Gasteiger partial charge in [0.05, 0.1) is 18.6 Å². The Morgan fingerprint density at radius 2 is 2.27 bits per heavy atom. The van der Waals surface area contributed by atoms with Crippen molar-refractivity contribution in [1.29, 1.82) is 0 Å². The molecule has 1 aliphatic heterocycles. The lowest BCUT2D eigenvalue weighted by Gasteiger charge is -2.30. The van der Waals surface area contributed by atoms with Crippen LogP contribution in [0.1, 0.15) is 19.8 Å². The van der Waals surface area contributed by atoms with Crippen LogP contribution in [0.25, 0.3) is 0 Å². The van der Waals surface area contributed by atoms with E-state index in [1.54, 1.807) is 0 Å². The Labute approximate surface area is 90.8 Å². The van der Waals surface area contributed by atoms with Crippen LogP contribution >= 0.6 is 0 Å². The molecule has 86 valence electrons. The summed E-state index contributed by atoms with van der Waals surface area (Å²) < 4.78 is 5.29. The topological polar surface area (TPSA) is 55.6 Å². The van der Waals surface area contributed by atoms with E-state index in [1.165, 1.54) is 12.8 Å². The average Bonchev–Trinajstić information content (AvgIpc) is 2.93. The lowest BCUT2D eigenvalue weighted by atomic mass is 9.84. The second-order valence-corrected chi connectivity index (χ2v) is 5.17. The highest BCUT2D eigenvalue weighted by atomic mass is 16.5. The fraction of sp³-hybridized carbons (Fsp3) is 0.909. The van der Waals surface area contributed by atoms with E-state index >= 15 is 0 Å². The predicted octanol–water partition coefficient (Wildman–Crippen LogP) is 0.219. The van der Waals surface area contributed by atoms with E-state index in [0.29, 0.717) is 13.2 Å². The van der Waals surface area contributed by atoms with E-state index in [2.05, 4.69) is 0 Å². The van der Waals surface area contributed by atoms with Crippen molar-refractivity contribution in [2.24, 2.45) is 17.1 Å². The first-order valence-corrected chi connectivity index (χ1v) is 5.63. The zero-order valence-corrected chi connectivity index (χ0v) is 9.53. The number of nitrogens with zero attached hydrogens (tertiary/aromatic N) is 1. The molecule has 4 nitrogen and oxygen atoms in total. The van der Waals surface area contributed by atoms with E-state index in [-0.39, 0.29) is 11.9 Å². The molecule has 0 spiro atoms. The molecule has 2 N–H and O–H groups in total. The highest BCUT2D eigenvalue weighted by Gasteiger charge is 2.46. The number of hydrogen-bond acceptors (Lipinski definition) is 3. The molecule has 4 heteroatoms. The van der Waals surface area contributed by atoms with E-state index in [9.17, 15) is 4.79 Å². The second kappa shape index (κ2) is 3.76. The van der Waals surface area contributed by atoms with Gasteiger partial charge in [-0.1, -0.05) is 0 Å². The summed E-state index contributed by atoms with van der Waals surface area (Å²) >= 11 is 0. The van der Waals surface area contributed by atoms with Gasteiger partial charge in [-0.15, -0.1) is 0 Å². The molecular formula is C11H20N2O2. The Morgan fingerprint density at radius 3 is 2.73 bits per heavy atom. The van der Waals surface area contributed by atoms with Crippen molar-refractivity contribution in [3.8, 4) is 0 Å². The Bertz CT molecular complexity index is 265. The first-order valence-electron chi connectivity index (χ1n) is 5.63. The maximum absolute atomic E-state index is 12.2. The molecule has 0 aromatic rings. The summed E-state index contributed by atoms with van der Waals surface area (Å²) in [5.41, 5.74) is 5.42. The minimum absolute atomic E-state index is 0.138. The van der Waals surface area contributed by atoms with Crippen molar-refractivity contribution in [3.63, 3.8) is 0 Å². The van der Waals surface area contributed by atoms with Crippen LogP contribution in [0, 0.1) is 11.3 Å². The molecule has 1 saturated heterocycles. The molecule has 2 aliphatic rings. The van der Waals surface area contributed by atoms with Crippen LogP contribution < -0.4 is 5.73 Å². The van der Waals surface area contributed by atoms with Crippen LogP contribution in [0.4, 0.5) is 0 Å². The summed E-state index contributed by atoms with van der Waals surface area (Å²) in [6.07, 6.45) is 2.52. The third kappa shape index (κ3) is 2.01. The molecule has 1 heterocycles. The SMILES string of the molecule is CN(CC1CC1)C(=O)C1(C)COCC1N. The van der Waals surface area contributed by atoms with Gasteiger partial charge in [-0.05, 0) is 25.7 Å². The van der Waals surface area contributed by atoms with Crippen LogP contribution in [0.2, 0.25) is 0 Å². The van der Waals surface area contributed by atoms with Gasteiger partial charge in [-0.3, -0.25) is 4.79 Å². The summed E-state index contributed by atoms with van der Waals surface area (Å²) in [4.78, 5) is 14.0. The first kappa shape index (κ1) is 10.9. The van der Waals surface area contributed by atoms with Gasteiger partial charge in [0.15, 0.2) is 0 Å². The van der Waals surface area contributed by atoms with Crippen molar-refractivity contribution < 1.29 is 9.53 Å². The third-order valence-corrected chi connectivity index (χ3v) is 3.58. The minimum Gasteiger partial charge on any atom is -0.379 e. The molecule has 2 unspecified atom stereocenters. The van der Waals surface area contributed by atoms with E-state index in [1.807, 2.05) is 18.9 Å². The summed E-state index contributed by atoms with van der Waals surface area (Å²) in [7, 11) is 1.87. The monoisotopic (exact) mass is 212 g/mol. The normalized spacial score (nSPS) is 35.5. The Hall–Kier alpha value is -0.610. The van der Waals surface area contributed by atoms with Gasteiger partial charge in [-0.2, -0.15) is 0 Å². The van der Waals surface area contributed by atoms with Crippen molar-refractivity contribution in [1.82, 2.24) is 4.90 Å². The molecule has 1 saturated carbocycles. The summed E-state index contributed by atoms with van der Waals surface area (Å²) in [6.45, 7) is 3.75. The highest BCUT2D eigenvalue weighted by molar-refractivity contribution is 5.83. The highest BCUT2D eigenvalue weighted by Crippen LogP contribution is 2.33. The molecule has 0 aromatic carbocycles. The van der Waals surface area contributed by atoms with Gasteiger partial charge in [0.1, 0.15) is 0 Å². The molecule has 1 aliphatic carbocycles. The summed E-state index contributed by atoms with van der Waals surface area (Å²) in [5.74, 6) is 0.862. The van der Waals surface area contributed by atoms with Crippen molar-refractivity contribution in [2.75, 3.05) is 26.8 Å². The van der Waals surface area contributed by atoms with Crippen molar-refractivity contribution in [2.45, 2.75) is 25.8 Å². The molecule has 1 amide bonds. The smallest absolute Gasteiger partial charge is 0.232 e. The van der Waals surface area contributed by atoms with Gasteiger partial charge < -0.3 is 15.4 Å². The predicted molar refractivity (Wildman–Crippen MR) is 57.3 cm³/mol. The Balaban J connectivity index is 1.98. The van der Waals surface area contributed by atoms with E-state index in [4.69, 9.17) is 10.5 Å². The lowest BCUT2D eigenvalue weighted by Crippen LogP contribution is -2.50. The molecule has 2 fully saturated rings. The fourth-order valence-corrected chi connectivity index (χ4v) is 2.12. The largest absolute Gasteiger partial charge is 0.379 e. The maximum Gasteiger partial charge on any atom is 0.232 e. The Kier molecular flexibility index (Phi) is 2.73. The van der Waals surface area contributed by atoms with E-state index < -0.39 is 5.41 Å². The van der Waals surface area contributed by atoms with Gasteiger partial charge in [0.2, 0.25) is 5.91 Å². The molecule has 2 atom stereocenters. The summed E-state index contributed by atoms with van der Waals surface area (Å²) in [6, 6.07) is -0.161. The van der Waals surface area contributed by atoms with Crippen LogP contribution in [-0.4, -0.2) is 43.7 Å². The number of rotatable bonds is 3. The van der Waals surface area contributed by atoms with Crippen molar-refractivity contribution in [3.05, 3.63) is 0 Å². The molecule has 0 aromatic heterocycles. The number of ether oxygens (including phenoxy) is 1. The van der Waals surface area contributed by atoms with Crippen LogP contribution in [-0.2, 0) is 9.53 Å². The number of carbonyl (C=O) groups is 1. The summed E-state index contributed by atoms with van der Waals surface area (Å²) in [5, 5.41) is 0. The zero-order valence-electron chi connectivity index (χ0n) is 9.53.